The van der Waals surface area contributed by atoms with Crippen LogP contribution in [0.5, 0.6) is 5.75 Å². The fraction of sp³-hybridized carbons (Fsp3) is 0.0714. The lowest BCUT2D eigenvalue weighted by atomic mass is 10.3. The van der Waals surface area contributed by atoms with E-state index in [-0.39, 0.29) is 6.61 Å². The summed E-state index contributed by atoms with van der Waals surface area (Å²) >= 11 is 6.00. The second kappa shape index (κ2) is 4.82. The Balaban J connectivity index is 1.83. The number of para-hydroxylation sites is 2. The maximum atomic E-state index is 6.00. The standard InChI is InChI=1S/C14H11ClN2O2/c15-9-4-1-2-6-11(9)18-8-13-17-14-10(16)5-3-7-12(14)19-13/h1-7H,8,16H2. The SMILES string of the molecule is Nc1cccc2oc(COc3ccccc3Cl)nc12. The number of hydrogen-bond acceptors (Lipinski definition) is 4. The van der Waals surface area contributed by atoms with Crippen LogP contribution in [0.15, 0.2) is 46.9 Å². The lowest BCUT2D eigenvalue weighted by molar-refractivity contribution is 0.267. The van der Waals surface area contributed by atoms with Crippen LogP contribution < -0.4 is 10.5 Å². The van der Waals surface area contributed by atoms with Gasteiger partial charge in [-0.2, -0.15) is 0 Å². The van der Waals surface area contributed by atoms with Crippen molar-refractivity contribution in [1.29, 1.82) is 0 Å². The largest absolute Gasteiger partial charge is 0.482 e. The molecule has 0 saturated carbocycles. The van der Waals surface area contributed by atoms with E-state index in [9.17, 15) is 0 Å². The van der Waals surface area contributed by atoms with Gasteiger partial charge in [-0.3, -0.25) is 0 Å². The van der Waals surface area contributed by atoms with Crippen molar-refractivity contribution in [3.8, 4) is 5.75 Å². The highest BCUT2D eigenvalue weighted by Crippen LogP contribution is 2.25. The van der Waals surface area contributed by atoms with E-state index >= 15 is 0 Å². The van der Waals surface area contributed by atoms with E-state index in [1.165, 1.54) is 0 Å². The van der Waals surface area contributed by atoms with Crippen molar-refractivity contribution >= 4 is 28.4 Å². The average molecular weight is 275 g/mol. The molecule has 3 aromatic rings. The van der Waals surface area contributed by atoms with Gasteiger partial charge in [0.2, 0.25) is 5.89 Å². The average Bonchev–Trinajstić information content (AvgIpc) is 2.82. The number of fused-ring (bicyclic) bond motifs is 1. The van der Waals surface area contributed by atoms with Crippen LogP contribution in [-0.2, 0) is 6.61 Å². The zero-order valence-electron chi connectivity index (χ0n) is 9.97. The maximum absolute atomic E-state index is 6.00. The van der Waals surface area contributed by atoms with Crippen LogP contribution in [0.3, 0.4) is 0 Å². The van der Waals surface area contributed by atoms with Crippen molar-refractivity contribution < 1.29 is 9.15 Å². The molecule has 0 bridgehead atoms. The topological polar surface area (TPSA) is 61.3 Å². The number of ether oxygens (including phenoxy) is 1. The van der Waals surface area contributed by atoms with Gasteiger partial charge in [-0.05, 0) is 24.3 Å². The molecule has 1 aromatic heterocycles. The fourth-order valence-electron chi connectivity index (χ4n) is 1.78. The smallest absolute Gasteiger partial charge is 0.233 e. The third-order valence-electron chi connectivity index (χ3n) is 2.68. The van der Waals surface area contributed by atoms with Gasteiger partial charge in [-0.15, -0.1) is 0 Å². The highest BCUT2D eigenvalue weighted by atomic mass is 35.5. The Bertz CT molecular complexity index is 724. The molecule has 0 aliphatic heterocycles. The van der Waals surface area contributed by atoms with Gasteiger partial charge in [0.15, 0.2) is 12.2 Å². The number of nitrogens with zero attached hydrogens (tertiary/aromatic N) is 1. The van der Waals surface area contributed by atoms with E-state index in [0.29, 0.717) is 33.4 Å². The quantitative estimate of drug-likeness (QED) is 0.741. The number of hydrogen-bond donors (Lipinski definition) is 1. The number of nitrogens with two attached hydrogens (primary N) is 1. The van der Waals surface area contributed by atoms with Crippen LogP contribution in [0, 0.1) is 0 Å². The third-order valence-corrected chi connectivity index (χ3v) is 2.99. The Morgan fingerprint density at radius 2 is 2.00 bits per heavy atom. The molecule has 0 fully saturated rings. The summed E-state index contributed by atoms with van der Waals surface area (Å²) < 4.78 is 11.1. The minimum atomic E-state index is 0.206. The molecule has 4 nitrogen and oxygen atoms in total. The van der Waals surface area contributed by atoms with Crippen LogP contribution in [-0.4, -0.2) is 4.98 Å². The van der Waals surface area contributed by atoms with E-state index in [1.807, 2.05) is 24.3 Å². The molecule has 0 atom stereocenters. The molecule has 0 amide bonds. The lowest BCUT2D eigenvalue weighted by Gasteiger charge is -2.04. The number of halogens is 1. The van der Waals surface area contributed by atoms with Crippen LogP contribution in [0.25, 0.3) is 11.1 Å². The summed E-state index contributed by atoms with van der Waals surface area (Å²) in [6.45, 7) is 0.206. The van der Waals surface area contributed by atoms with Gasteiger partial charge in [-0.25, -0.2) is 4.98 Å². The molecular formula is C14H11ClN2O2. The van der Waals surface area contributed by atoms with E-state index in [2.05, 4.69) is 4.98 Å². The number of aromatic nitrogens is 1. The molecule has 0 aliphatic rings. The first-order chi connectivity index (χ1) is 9.24. The van der Waals surface area contributed by atoms with Crippen LogP contribution in [0.4, 0.5) is 5.69 Å². The molecule has 3 rings (SSSR count). The normalized spacial score (nSPS) is 10.8. The van der Waals surface area contributed by atoms with Crippen molar-refractivity contribution in [2.24, 2.45) is 0 Å². The molecule has 0 radical (unpaired) electrons. The van der Waals surface area contributed by atoms with Crippen LogP contribution in [0.2, 0.25) is 5.02 Å². The predicted octanol–water partition coefficient (Wildman–Crippen LogP) is 3.64. The Labute approximate surface area is 114 Å². The first-order valence-corrected chi connectivity index (χ1v) is 6.13. The summed E-state index contributed by atoms with van der Waals surface area (Å²) in [5, 5.41) is 0.554. The van der Waals surface area contributed by atoms with Crippen LogP contribution in [0.1, 0.15) is 5.89 Å². The van der Waals surface area contributed by atoms with Crippen molar-refractivity contribution in [1.82, 2.24) is 4.98 Å². The number of nitrogen functional groups attached to an aromatic ring is 1. The summed E-state index contributed by atoms with van der Waals surface area (Å²) in [6, 6.07) is 12.7. The zero-order valence-corrected chi connectivity index (χ0v) is 10.7. The lowest BCUT2D eigenvalue weighted by Crippen LogP contribution is -1.96. The minimum absolute atomic E-state index is 0.206. The zero-order chi connectivity index (χ0) is 13.2. The van der Waals surface area contributed by atoms with Gasteiger partial charge in [0.25, 0.3) is 0 Å². The van der Waals surface area contributed by atoms with Gasteiger partial charge in [0, 0.05) is 0 Å². The fourth-order valence-corrected chi connectivity index (χ4v) is 1.97. The summed E-state index contributed by atoms with van der Waals surface area (Å²) in [4.78, 5) is 4.30. The van der Waals surface area contributed by atoms with Gasteiger partial charge in [0.05, 0.1) is 10.7 Å². The van der Waals surface area contributed by atoms with Crippen molar-refractivity contribution in [3.63, 3.8) is 0 Å². The number of oxazole rings is 1. The first-order valence-electron chi connectivity index (χ1n) is 5.75. The van der Waals surface area contributed by atoms with Crippen molar-refractivity contribution in [2.45, 2.75) is 6.61 Å². The molecule has 5 heteroatoms. The second-order valence-electron chi connectivity index (χ2n) is 4.02. The van der Waals surface area contributed by atoms with Gasteiger partial charge in [-0.1, -0.05) is 29.8 Å². The van der Waals surface area contributed by atoms with Crippen molar-refractivity contribution in [3.05, 3.63) is 53.4 Å². The molecule has 0 aliphatic carbocycles. The predicted molar refractivity (Wildman–Crippen MR) is 74.2 cm³/mol. The number of rotatable bonds is 3. The third kappa shape index (κ3) is 2.35. The van der Waals surface area contributed by atoms with E-state index in [0.717, 1.165) is 0 Å². The highest BCUT2D eigenvalue weighted by molar-refractivity contribution is 6.32. The highest BCUT2D eigenvalue weighted by Gasteiger charge is 2.09. The van der Waals surface area contributed by atoms with Crippen LogP contribution >= 0.6 is 11.6 Å². The van der Waals surface area contributed by atoms with Gasteiger partial charge in [0.1, 0.15) is 11.3 Å². The minimum Gasteiger partial charge on any atom is -0.482 e. The Kier molecular flexibility index (Phi) is 3.01. The van der Waals surface area contributed by atoms with E-state index < -0.39 is 0 Å². The van der Waals surface area contributed by atoms with E-state index in [4.69, 9.17) is 26.5 Å². The first kappa shape index (κ1) is 11.9. The Morgan fingerprint density at radius 1 is 1.16 bits per heavy atom. The molecule has 2 aromatic carbocycles. The molecule has 2 N–H and O–H groups in total. The summed E-state index contributed by atoms with van der Waals surface area (Å²) in [5.74, 6) is 1.06. The molecule has 0 unspecified atom stereocenters. The molecular weight excluding hydrogens is 264 g/mol. The summed E-state index contributed by atoms with van der Waals surface area (Å²) in [6.07, 6.45) is 0. The Morgan fingerprint density at radius 3 is 2.79 bits per heavy atom. The Hall–Kier alpha value is -2.20. The maximum Gasteiger partial charge on any atom is 0.233 e. The van der Waals surface area contributed by atoms with Gasteiger partial charge < -0.3 is 14.9 Å². The summed E-state index contributed by atoms with van der Waals surface area (Å²) in [7, 11) is 0. The second-order valence-corrected chi connectivity index (χ2v) is 4.43. The monoisotopic (exact) mass is 274 g/mol. The molecule has 0 saturated heterocycles. The number of benzene rings is 2. The summed E-state index contributed by atoms with van der Waals surface area (Å²) in [5.41, 5.74) is 7.71. The van der Waals surface area contributed by atoms with E-state index in [1.54, 1.807) is 18.2 Å². The molecule has 19 heavy (non-hydrogen) atoms. The molecule has 96 valence electrons. The van der Waals surface area contributed by atoms with Gasteiger partial charge >= 0.3 is 0 Å². The molecule has 1 heterocycles. The molecule has 0 spiro atoms. The number of anilines is 1. The van der Waals surface area contributed by atoms with Crippen molar-refractivity contribution in [2.75, 3.05) is 5.73 Å².